The highest BCUT2D eigenvalue weighted by Gasteiger charge is 2.12. The van der Waals surface area contributed by atoms with E-state index in [0.29, 0.717) is 23.1 Å². The number of methoxy groups -OCH3 is 2. The van der Waals surface area contributed by atoms with Gasteiger partial charge in [-0.2, -0.15) is 0 Å². The molecule has 2 N–H and O–H groups in total. The van der Waals surface area contributed by atoms with Crippen LogP contribution in [-0.4, -0.2) is 19.4 Å². The van der Waals surface area contributed by atoms with E-state index in [1.165, 1.54) is 0 Å². The fraction of sp³-hybridized carbons (Fsp3) is 0.182. The summed E-state index contributed by atoms with van der Waals surface area (Å²) in [4.78, 5) is 0. The number of hydrogen-bond donors (Lipinski definition) is 1. The van der Waals surface area contributed by atoms with Gasteiger partial charge in [0.25, 0.3) is 0 Å². The van der Waals surface area contributed by atoms with Gasteiger partial charge in [0.15, 0.2) is 11.6 Å². The molecule has 0 spiro atoms. The summed E-state index contributed by atoms with van der Waals surface area (Å²) < 4.78 is 15.4. The molecule has 0 saturated heterocycles. The first kappa shape index (κ1) is 10.4. The second-order valence-electron chi connectivity index (χ2n) is 3.18. The standard InChI is InChI=1S/C11H12N2O3/c1-14-7-3-4-9(15-2)8(5-7)10-6-11(12)13-16-10/h3-6H,1-2H3,(H2,12,13). The van der Waals surface area contributed by atoms with Crippen molar-refractivity contribution in [2.24, 2.45) is 0 Å². The van der Waals surface area contributed by atoms with Crippen LogP contribution in [0.4, 0.5) is 5.82 Å². The van der Waals surface area contributed by atoms with Crippen molar-refractivity contribution in [3.05, 3.63) is 24.3 Å². The minimum absolute atomic E-state index is 0.333. The molecule has 0 radical (unpaired) electrons. The van der Waals surface area contributed by atoms with Gasteiger partial charge < -0.3 is 19.7 Å². The van der Waals surface area contributed by atoms with Crippen molar-refractivity contribution in [3.63, 3.8) is 0 Å². The van der Waals surface area contributed by atoms with Crippen LogP contribution in [0.2, 0.25) is 0 Å². The predicted molar refractivity (Wildman–Crippen MR) is 59.5 cm³/mol. The summed E-state index contributed by atoms with van der Waals surface area (Å²) in [6, 6.07) is 7.05. The summed E-state index contributed by atoms with van der Waals surface area (Å²) in [6.07, 6.45) is 0. The first-order chi connectivity index (χ1) is 7.74. The van der Waals surface area contributed by atoms with Gasteiger partial charge in [-0.1, -0.05) is 5.16 Å². The molecule has 1 aromatic heterocycles. The Morgan fingerprint density at radius 2 is 2.00 bits per heavy atom. The monoisotopic (exact) mass is 220 g/mol. The molecule has 16 heavy (non-hydrogen) atoms. The average Bonchev–Trinajstić information content (AvgIpc) is 2.75. The molecule has 0 aliphatic carbocycles. The van der Waals surface area contributed by atoms with Crippen molar-refractivity contribution in [1.82, 2.24) is 5.16 Å². The van der Waals surface area contributed by atoms with E-state index in [2.05, 4.69) is 5.16 Å². The van der Waals surface area contributed by atoms with Gasteiger partial charge in [-0.3, -0.25) is 0 Å². The van der Waals surface area contributed by atoms with Gasteiger partial charge >= 0.3 is 0 Å². The Labute approximate surface area is 92.8 Å². The van der Waals surface area contributed by atoms with E-state index < -0.39 is 0 Å². The maximum atomic E-state index is 5.50. The maximum absolute atomic E-state index is 5.50. The maximum Gasteiger partial charge on any atom is 0.172 e. The normalized spacial score (nSPS) is 10.1. The lowest BCUT2D eigenvalue weighted by atomic mass is 10.1. The van der Waals surface area contributed by atoms with Crippen LogP contribution in [0, 0.1) is 0 Å². The zero-order chi connectivity index (χ0) is 11.5. The van der Waals surface area contributed by atoms with Crippen LogP contribution in [-0.2, 0) is 0 Å². The Morgan fingerprint density at radius 3 is 2.56 bits per heavy atom. The van der Waals surface area contributed by atoms with Crippen LogP contribution in [0.1, 0.15) is 0 Å². The Balaban J connectivity index is 2.52. The SMILES string of the molecule is COc1ccc(OC)c(-c2cc(N)no2)c1. The first-order valence-corrected chi connectivity index (χ1v) is 4.69. The van der Waals surface area contributed by atoms with Gasteiger partial charge in [0.05, 0.1) is 19.8 Å². The molecule has 0 unspecified atom stereocenters. The van der Waals surface area contributed by atoms with Crippen LogP contribution >= 0.6 is 0 Å². The van der Waals surface area contributed by atoms with Crippen LogP contribution in [0.3, 0.4) is 0 Å². The summed E-state index contributed by atoms with van der Waals surface area (Å²) in [5.41, 5.74) is 6.26. The van der Waals surface area contributed by atoms with Crippen LogP contribution in [0.5, 0.6) is 11.5 Å². The zero-order valence-electron chi connectivity index (χ0n) is 9.06. The third kappa shape index (κ3) is 1.79. The number of aromatic nitrogens is 1. The minimum Gasteiger partial charge on any atom is -0.497 e. The van der Waals surface area contributed by atoms with Crippen molar-refractivity contribution in [3.8, 4) is 22.8 Å². The minimum atomic E-state index is 0.333. The molecule has 0 atom stereocenters. The Bertz CT molecular complexity index is 494. The van der Waals surface area contributed by atoms with Gasteiger partial charge in [-0.15, -0.1) is 0 Å². The van der Waals surface area contributed by atoms with Gasteiger partial charge in [0.2, 0.25) is 0 Å². The van der Waals surface area contributed by atoms with Crippen LogP contribution < -0.4 is 15.2 Å². The smallest absolute Gasteiger partial charge is 0.172 e. The Hall–Kier alpha value is -2.17. The molecule has 2 rings (SSSR count). The van der Waals surface area contributed by atoms with Gasteiger partial charge in [-0.05, 0) is 18.2 Å². The molecule has 84 valence electrons. The summed E-state index contributed by atoms with van der Waals surface area (Å²) in [5.74, 6) is 2.27. The van der Waals surface area contributed by atoms with Crippen molar-refractivity contribution >= 4 is 5.82 Å². The van der Waals surface area contributed by atoms with Gasteiger partial charge in [-0.25, -0.2) is 0 Å². The van der Waals surface area contributed by atoms with Crippen molar-refractivity contribution < 1.29 is 14.0 Å². The molecule has 0 fully saturated rings. The molecule has 0 aliphatic rings. The Morgan fingerprint density at radius 1 is 1.19 bits per heavy atom. The lowest BCUT2D eigenvalue weighted by Gasteiger charge is -2.07. The number of nitrogens with two attached hydrogens (primary N) is 1. The highest BCUT2D eigenvalue weighted by atomic mass is 16.5. The third-order valence-corrected chi connectivity index (χ3v) is 2.20. The molecule has 5 heteroatoms. The van der Waals surface area contributed by atoms with Crippen molar-refractivity contribution in [2.75, 3.05) is 20.0 Å². The molecule has 5 nitrogen and oxygen atoms in total. The number of ether oxygens (including phenoxy) is 2. The van der Waals surface area contributed by atoms with E-state index in [9.17, 15) is 0 Å². The largest absolute Gasteiger partial charge is 0.497 e. The lowest BCUT2D eigenvalue weighted by Crippen LogP contribution is -1.89. The van der Waals surface area contributed by atoms with E-state index >= 15 is 0 Å². The predicted octanol–water partition coefficient (Wildman–Crippen LogP) is 1.94. The fourth-order valence-corrected chi connectivity index (χ4v) is 1.42. The summed E-state index contributed by atoms with van der Waals surface area (Å²) >= 11 is 0. The molecule has 0 bridgehead atoms. The molecule has 0 aliphatic heterocycles. The lowest BCUT2D eigenvalue weighted by molar-refractivity contribution is 0.398. The summed E-state index contributed by atoms with van der Waals surface area (Å²) in [6.45, 7) is 0. The molecular weight excluding hydrogens is 208 g/mol. The number of nitrogen functional groups attached to an aromatic ring is 1. The average molecular weight is 220 g/mol. The van der Waals surface area contributed by atoms with Crippen molar-refractivity contribution in [1.29, 1.82) is 0 Å². The quantitative estimate of drug-likeness (QED) is 0.855. The summed E-state index contributed by atoms with van der Waals surface area (Å²) in [5, 5.41) is 3.63. The molecule has 0 saturated carbocycles. The summed E-state index contributed by atoms with van der Waals surface area (Å²) in [7, 11) is 3.19. The first-order valence-electron chi connectivity index (χ1n) is 4.69. The zero-order valence-corrected chi connectivity index (χ0v) is 9.06. The highest BCUT2D eigenvalue weighted by Crippen LogP contribution is 2.33. The topological polar surface area (TPSA) is 70.5 Å². The molecule has 0 amide bonds. The number of hydrogen-bond acceptors (Lipinski definition) is 5. The van der Waals surface area contributed by atoms with Gasteiger partial charge in [0.1, 0.15) is 11.5 Å². The third-order valence-electron chi connectivity index (χ3n) is 2.20. The number of rotatable bonds is 3. The Kier molecular flexibility index (Phi) is 2.68. The van der Waals surface area contributed by atoms with Crippen molar-refractivity contribution in [2.45, 2.75) is 0 Å². The molecular formula is C11H12N2O3. The second-order valence-corrected chi connectivity index (χ2v) is 3.18. The highest BCUT2D eigenvalue weighted by molar-refractivity contribution is 5.69. The molecule has 1 heterocycles. The number of anilines is 1. The number of nitrogens with zero attached hydrogens (tertiary/aromatic N) is 1. The molecule has 1 aromatic carbocycles. The van der Waals surface area contributed by atoms with E-state index in [4.69, 9.17) is 19.7 Å². The fourth-order valence-electron chi connectivity index (χ4n) is 1.42. The van der Waals surface area contributed by atoms with Gasteiger partial charge in [0, 0.05) is 6.07 Å². The van der Waals surface area contributed by atoms with E-state index in [1.807, 2.05) is 6.07 Å². The molecule has 2 aromatic rings. The van der Waals surface area contributed by atoms with E-state index in [-0.39, 0.29) is 0 Å². The van der Waals surface area contributed by atoms with E-state index in [0.717, 1.165) is 5.56 Å². The van der Waals surface area contributed by atoms with E-state index in [1.54, 1.807) is 32.4 Å². The van der Waals surface area contributed by atoms with Crippen LogP contribution in [0.25, 0.3) is 11.3 Å². The number of benzene rings is 1. The van der Waals surface area contributed by atoms with Crippen LogP contribution in [0.15, 0.2) is 28.8 Å². The second kappa shape index (κ2) is 4.14.